The largest absolute Gasteiger partial charge is 0.481 e. The number of hydrogen-bond donors (Lipinski definition) is 2. The molecule has 1 amide bonds. The average Bonchev–Trinajstić information content (AvgIpc) is 2.65. The van der Waals surface area contributed by atoms with E-state index in [-0.39, 0.29) is 12.5 Å². The molecule has 1 aromatic rings. The Bertz CT molecular complexity index is 373. The van der Waals surface area contributed by atoms with Crippen LogP contribution in [-0.4, -0.2) is 27.3 Å². The second-order valence-electron chi connectivity index (χ2n) is 3.78. The molecule has 1 aromatic heterocycles. The number of rotatable bonds is 6. The Labute approximate surface area is 93.3 Å². The van der Waals surface area contributed by atoms with Gasteiger partial charge in [0, 0.05) is 17.8 Å². The van der Waals surface area contributed by atoms with E-state index >= 15 is 0 Å². The summed E-state index contributed by atoms with van der Waals surface area (Å²) in [5, 5.41) is 15.3. The summed E-state index contributed by atoms with van der Waals surface area (Å²) in [5.74, 6) is -0.961. The van der Waals surface area contributed by atoms with Crippen LogP contribution in [0.25, 0.3) is 0 Å². The predicted molar refractivity (Wildman–Crippen MR) is 56.8 cm³/mol. The highest BCUT2D eigenvalue weighted by atomic mass is 16.4. The molecule has 0 fully saturated rings. The maximum absolute atomic E-state index is 10.6. The number of aromatic nitrogens is 2. The van der Waals surface area contributed by atoms with E-state index in [4.69, 9.17) is 5.11 Å². The normalized spacial score (nSPS) is 12.4. The number of carbonyl (C=O) groups is 2. The van der Waals surface area contributed by atoms with Gasteiger partial charge in [-0.3, -0.25) is 14.3 Å². The third-order valence-corrected chi connectivity index (χ3v) is 2.20. The topological polar surface area (TPSA) is 84.2 Å². The summed E-state index contributed by atoms with van der Waals surface area (Å²) < 4.78 is 1.72. The number of carbonyl (C=O) groups excluding carboxylic acids is 1. The van der Waals surface area contributed by atoms with Gasteiger partial charge < -0.3 is 10.4 Å². The fourth-order valence-electron chi connectivity index (χ4n) is 1.34. The van der Waals surface area contributed by atoms with Gasteiger partial charge >= 0.3 is 5.97 Å². The van der Waals surface area contributed by atoms with Crippen molar-refractivity contribution in [3.8, 4) is 0 Å². The average molecular weight is 225 g/mol. The Hall–Kier alpha value is -1.85. The number of hydrogen-bond acceptors (Lipinski definition) is 3. The highest BCUT2D eigenvalue weighted by Crippen LogP contribution is 2.17. The Morgan fingerprint density at radius 1 is 1.69 bits per heavy atom. The van der Waals surface area contributed by atoms with Gasteiger partial charge in [0.2, 0.25) is 6.41 Å². The van der Waals surface area contributed by atoms with Crippen molar-refractivity contribution in [2.45, 2.75) is 32.4 Å². The summed E-state index contributed by atoms with van der Waals surface area (Å²) in [6.07, 6.45) is 3.67. The van der Waals surface area contributed by atoms with Crippen LogP contribution in [-0.2, 0) is 9.59 Å². The van der Waals surface area contributed by atoms with E-state index in [9.17, 15) is 9.59 Å². The monoisotopic (exact) mass is 225 g/mol. The van der Waals surface area contributed by atoms with Gasteiger partial charge in [-0.2, -0.15) is 5.10 Å². The molecule has 1 rings (SSSR count). The zero-order valence-corrected chi connectivity index (χ0v) is 9.25. The second kappa shape index (κ2) is 5.29. The van der Waals surface area contributed by atoms with Crippen molar-refractivity contribution < 1.29 is 14.7 Å². The van der Waals surface area contributed by atoms with Crippen LogP contribution in [0.3, 0.4) is 0 Å². The molecule has 0 radical (unpaired) electrons. The summed E-state index contributed by atoms with van der Waals surface area (Å²) in [4.78, 5) is 21.0. The second-order valence-corrected chi connectivity index (χ2v) is 3.78. The highest BCUT2D eigenvalue weighted by Gasteiger charge is 2.16. The summed E-state index contributed by atoms with van der Waals surface area (Å²) >= 11 is 0. The number of nitrogens with zero attached hydrogens (tertiary/aromatic N) is 2. The fraction of sp³-hybridized carbons (Fsp3) is 0.500. The number of aliphatic carboxylic acids is 1. The molecule has 0 bridgehead atoms. The van der Waals surface area contributed by atoms with E-state index in [0.717, 1.165) is 0 Å². The van der Waals surface area contributed by atoms with Crippen LogP contribution < -0.4 is 5.32 Å². The lowest BCUT2D eigenvalue weighted by molar-refractivity contribution is -0.137. The first-order valence-electron chi connectivity index (χ1n) is 5.00. The third-order valence-electron chi connectivity index (χ3n) is 2.20. The standard InChI is InChI=1S/C10H15N3O3/c1-7(2)13-5-8(4-12-13)9(11-6-14)3-10(15)16/h4-7,9H,3H2,1-2H3,(H,11,14)(H,15,16)/t9-/m1/s1. The van der Waals surface area contributed by atoms with Crippen molar-refractivity contribution in [1.29, 1.82) is 0 Å². The number of nitrogens with one attached hydrogen (secondary N) is 1. The van der Waals surface area contributed by atoms with Gasteiger partial charge in [-0.1, -0.05) is 0 Å². The molecule has 6 heteroatoms. The predicted octanol–water partition coefficient (Wildman–Crippen LogP) is 0.726. The van der Waals surface area contributed by atoms with Gasteiger partial charge in [-0.15, -0.1) is 0 Å². The van der Waals surface area contributed by atoms with Gasteiger partial charge in [-0.05, 0) is 13.8 Å². The smallest absolute Gasteiger partial charge is 0.305 e. The molecule has 0 unspecified atom stereocenters. The third kappa shape index (κ3) is 3.08. The van der Waals surface area contributed by atoms with Crippen LogP contribution in [0.15, 0.2) is 12.4 Å². The minimum absolute atomic E-state index is 0.150. The minimum Gasteiger partial charge on any atom is -0.481 e. The van der Waals surface area contributed by atoms with Gasteiger partial charge in [0.1, 0.15) is 0 Å². The van der Waals surface area contributed by atoms with Crippen LogP contribution in [0.1, 0.15) is 37.9 Å². The maximum atomic E-state index is 10.6. The van der Waals surface area contributed by atoms with Crippen molar-refractivity contribution in [2.24, 2.45) is 0 Å². The molecular weight excluding hydrogens is 210 g/mol. The highest BCUT2D eigenvalue weighted by molar-refractivity contribution is 5.68. The van der Waals surface area contributed by atoms with E-state index in [1.807, 2.05) is 13.8 Å². The molecule has 0 aliphatic heterocycles. The summed E-state index contributed by atoms with van der Waals surface area (Å²) in [7, 11) is 0. The van der Waals surface area contributed by atoms with Crippen LogP contribution in [0, 0.1) is 0 Å². The van der Waals surface area contributed by atoms with Gasteiger partial charge in [0.05, 0.1) is 18.7 Å². The molecule has 0 aliphatic carbocycles. The number of carboxylic acid groups (broad SMARTS) is 1. The Morgan fingerprint density at radius 3 is 2.81 bits per heavy atom. The van der Waals surface area contributed by atoms with Crippen molar-refractivity contribution in [3.63, 3.8) is 0 Å². The molecule has 16 heavy (non-hydrogen) atoms. The summed E-state index contributed by atoms with van der Waals surface area (Å²) in [6, 6.07) is -0.321. The lowest BCUT2D eigenvalue weighted by Gasteiger charge is -2.11. The molecule has 88 valence electrons. The molecular formula is C10H15N3O3. The van der Waals surface area contributed by atoms with E-state index < -0.39 is 12.0 Å². The molecule has 1 atom stereocenters. The van der Waals surface area contributed by atoms with Crippen LogP contribution in [0.5, 0.6) is 0 Å². The zero-order valence-electron chi connectivity index (χ0n) is 9.25. The molecule has 2 N–H and O–H groups in total. The van der Waals surface area contributed by atoms with Gasteiger partial charge in [0.25, 0.3) is 0 Å². The van der Waals surface area contributed by atoms with Crippen LogP contribution >= 0.6 is 0 Å². The number of amides is 1. The SMILES string of the molecule is CC(C)n1cc([C@@H](CC(=O)O)NC=O)cn1. The molecule has 0 spiro atoms. The van der Waals surface area contributed by atoms with Crippen molar-refractivity contribution >= 4 is 12.4 Å². The van der Waals surface area contributed by atoms with E-state index in [2.05, 4.69) is 10.4 Å². The van der Waals surface area contributed by atoms with Crippen molar-refractivity contribution in [2.75, 3.05) is 0 Å². The molecule has 0 saturated carbocycles. The first-order valence-corrected chi connectivity index (χ1v) is 5.00. The fourth-order valence-corrected chi connectivity index (χ4v) is 1.34. The summed E-state index contributed by atoms with van der Waals surface area (Å²) in [6.45, 7) is 3.94. The summed E-state index contributed by atoms with van der Waals surface area (Å²) in [5.41, 5.74) is 0.697. The molecule has 0 aliphatic rings. The van der Waals surface area contributed by atoms with Gasteiger partial charge in [-0.25, -0.2) is 0 Å². The van der Waals surface area contributed by atoms with E-state index in [1.165, 1.54) is 0 Å². The molecule has 6 nitrogen and oxygen atoms in total. The first-order chi connectivity index (χ1) is 7.54. The molecule has 0 aromatic carbocycles. The number of carboxylic acids is 1. The quantitative estimate of drug-likeness (QED) is 0.699. The van der Waals surface area contributed by atoms with E-state index in [0.29, 0.717) is 12.0 Å². The minimum atomic E-state index is -0.961. The molecule has 1 heterocycles. The maximum Gasteiger partial charge on any atom is 0.305 e. The lowest BCUT2D eigenvalue weighted by atomic mass is 10.1. The van der Waals surface area contributed by atoms with E-state index in [1.54, 1.807) is 17.1 Å². The van der Waals surface area contributed by atoms with Crippen molar-refractivity contribution in [3.05, 3.63) is 18.0 Å². The lowest BCUT2D eigenvalue weighted by Crippen LogP contribution is -2.22. The van der Waals surface area contributed by atoms with Crippen molar-refractivity contribution in [1.82, 2.24) is 15.1 Å². The Kier molecular flexibility index (Phi) is 4.04. The Morgan fingerprint density at radius 2 is 2.38 bits per heavy atom. The zero-order chi connectivity index (χ0) is 12.1. The van der Waals surface area contributed by atoms with Crippen LogP contribution in [0.4, 0.5) is 0 Å². The Balaban J connectivity index is 2.83. The van der Waals surface area contributed by atoms with Gasteiger partial charge in [0.15, 0.2) is 0 Å². The van der Waals surface area contributed by atoms with Crippen LogP contribution in [0.2, 0.25) is 0 Å². The first kappa shape index (κ1) is 12.2. The molecule has 0 saturated heterocycles.